The number of aromatic carboxylic acids is 1. The van der Waals surface area contributed by atoms with Gasteiger partial charge in [0, 0.05) is 30.7 Å². The number of carbonyl (C=O) groups excluding carboxylic acids is 1. The van der Waals surface area contributed by atoms with Crippen LogP contribution in [0.3, 0.4) is 0 Å². The SMILES string of the molecule is CC[C@@H](N)c1ccc(C(F)(F)F)nc1Cl.C[C@H]1CCCN1C(=O)c1cc(C(=O)O)c2n1CCOC2. The van der Waals surface area contributed by atoms with Crippen molar-refractivity contribution < 1.29 is 32.6 Å². The van der Waals surface area contributed by atoms with Gasteiger partial charge in [-0.3, -0.25) is 4.79 Å². The van der Waals surface area contributed by atoms with Crippen LogP contribution >= 0.6 is 11.6 Å². The van der Waals surface area contributed by atoms with Gasteiger partial charge in [-0.25, -0.2) is 9.78 Å². The summed E-state index contributed by atoms with van der Waals surface area (Å²) < 4.78 is 43.8. The van der Waals surface area contributed by atoms with E-state index in [-0.39, 0.29) is 35.3 Å². The van der Waals surface area contributed by atoms with E-state index < -0.39 is 17.8 Å². The molecular weight excluding hydrogens is 489 g/mol. The maximum atomic E-state index is 12.6. The lowest BCUT2D eigenvalue weighted by Crippen LogP contribution is -2.35. The minimum absolute atomic E-state index is 0.0642. The number of nitrogens with two attached hydrogens (primary N) is 1. The zero-order valence-corrected chi connectivity index (χ0v) is 20.2. The first-order valence-corrected chi connectivity index (χ1v) is 11.7. The third-order valence-corrected chi connectivity index (χ3v) is 6.48. The lowest BCUT2D eigenvalue weighted by Gasteiger charge is -2.24. The summed E-state index contributed by atoms with van der Waals surface area (Å²) in [5.41, 5.74) is 6.34. The van der Waals surface area contributed by atoms with Crippen molar-refractivity contribution in [3.8, 4) is 0 Å². The Balaban J connectivity index is 0.000000205. The zero-order valence-electron chi connectivity index (χ0n) is 19.4. The molecule has 0 radical (unpaired) electrons. The Labute approximate surface area is 205 Å². The van der Waals surface area contributed by atoms with Crippen molar-refractivity contribution in [3.63, 3.8) is 0 Å². The normalized spacial score (nSPS) is 18.5. The largest absolute Gasteiger partial charge is 0.478 e. The molecule has 3 N–H and O–H groups in total. The zero-order chi connectivity index (χ0) is 25.9. The van der Waals surface area contributed by atoms with Crippen molar-refractivity contribution in [1.29, 1.82) is 0 Å². The van der Waals surface area contributed by atoms with Crippen LogP contribution in [-0.2, 0) is 24.1 Å². The number of pyridine rings is 1. The minimum atomic E-state index is -4.47. The van der Waals surface area contributed by atoms with Gasteiger partial charge in [0.25, 0.3) is 5.91 Å². The third-order valence-electron chi connectivity index (χ3n) is 6.18. The number of nitrogens with zero attached hydrogens (tertiary/aromatic N) is 3. The summed E-state index contributed by atoms with van der Waals surface area (Å²) in [5, 5.41) is 9.08. The van der Waals surface area contributed by atoms with Gasteiger partial charge in [-0.2, -0.15) is 13.2 Å². The van der Waals surface area contributed by atoms with Crippen molar-refractivity contribution in [2.24, 2.45) is 5.73 Å². The van der Waals surface area contributed by atoms with Crippen molar-refractivity contribution in [1.82, 2.24) is 14.5 Å². The highest BCUT2D eigenvalue weighted by atomic mass is 35.5. The van der Waals surface area contributed by atoms with Crippen LogP contribution in [-0.4, -0.2) is 50.6 Å². The molecule has 0 aliphatic carbocycles. The standard InChI is InChI=1S/C14H18N2O4.C9H10ClF3N2/c1-9-3-2-4-15(9)13(17)11-7-10(14(18)19)12-8-20-6-5-16(11)12;1-2-6(14)5-3-4-7(9(11,12)13)15-8(5)10/h7,9H,2-6,8H2,1H3,(H,18,19);3-4,6H,2,14H2,1H3/t9-;6-/m01/s1. The summed E-state index contributed by atoms with van der Waals surface area (Å²) in [6.45, 7) is 5.90. The highest BCUT2D eigenvalue weighted by Gasteiger charge is 2.33. The first kappa shape index (κ1) is 27.0. The number of carbonyl (C=O) groups is 2. The maximum absolute atomic E-state index is 12.6. The number of likely N-dealkylation sites (tertiary alicyclic amines) is 1. The maximum Gasteiger partial charge on any atom is 0.433 e. The van der Waals surface area contributed by atoms with E-state index in [9.17, 15) is 27.9 Å². The molecule has 0 saturated carbocycles. The molecule has 2 aliphatic heterocycles. The summed E-state index contributed by atoms with van der Waals surface area (Å²) in [4.78, 5) is 29.0. The van der Waals surface area contributed by atoms with Gasteiger partial charge in [-0.1, -0.05) is 24.6 Å². The first-order chi connectivity index (χ1) is 16.5. The van der Waals surface area contributed by atoms with Crippen LogP contribution in [0.15, 0.2) is 18.2 Å². The van der Waals surface area contributed by atoms with Crippen LogP contribution in [0.5, 0.6) is 0 Å². The molecule has 0 unspecified atom stereocenters. The number of aromatic nitrogens is 2. The number of amides is 1. The topological polar surface area (TPSA) is 111 Å². The van der Waals surface area contributed by atoms with E-state index >= 15 is 0 Å². The number of hydrogen-bond acceptors (Lipinski definition) is 5. The molecule has 0 aromatic carbocycles. The highest BCUT2D eigenvalue weighted by molar-refractivity contribution is 6.30. The molecule has 0 spiro atoms. The molecular formula is C23H28ClF3N4O4. The fourth-order valence-corrected chi connectivity index (χ4v) is 4.46. The van der Waals surface area contributed by atoms with Gasteiger partial charge >= 0.3 is 12.1 Å². The van der Waals surface area contributed by atoms with E-state index in [1.807, 2.05) is 18.7 Å². The Bertz CT molecular complexity index is 1090. The average Bonchev–Trinajstić information content (AvgIpc) is 3.42. The van der Waals surface area contributed by atoms with Crippen molar-refractivity contribution in [2.45, 2.75) is 64.5 Å². The summed E-state index contributed by atoms with van der Waals surface area (Å²) >= 11 is 5.62. The lowest BCUT2D eigenvalue weighted by molar-refractivity contribution is -0.141. The number of hydrogen-bond donors (Lipinski definition) is 2. The van der Waals surface area contributed by atoms with Crippen molar-refractivity contribution in [2.75, 3.05) is 13.2 Å². The lowest BCUT2D eigenvalue weighted by atomic mass is 10.1. The summed E-state index contributed by atoms with van der Waals surface area (Å²) in [6, 6.07) is 3.50. The Morgan fingerprint density at radius 1 is 1.34 bits per heavy atom. The smallest absolute Gasteiger partial charge is 0.433 e. The molecule has 1 amide bonds. The molecule has 4 heterocycles. The van der Waals surface area contributed by atoms with E-state index in [2.05, 4.69) is 4.98 Å². The molecule has 4 rings (SSSR count). The van der Waals surface area contributed by atoms with Gasteiger partial charge in [0.1, 0.15) is 16.5 Å². The fourth-order valence-electron chi connectivity index (χ4n) is 4.17. The van der Waals surface area contributed by atoms with Gasteiger partial charge in [0.05, 0.1) is 24.5 Å². The van der Waals surface area contributed by atoms with E-state index in [4.69, 9.17) is 22.1 Å². The monoisotopic (exact) mass is 516 g/mol. The van der Waals surface area contributed by atoms with E-state index in [0.29, 0.717) is 36.5 Å². The second-order valence-corrected chi connectivity index (χ2v) is 8.84. The Kier molecular flexibility index (Phi) is 8.45. The number of rotatable bonds is 4. The minimum Gasteiger partial charge on any atom is -0.478 e. The molecule has 2 atom stereocenters. The first-order valence-electron chi connectivity index (χ1n) is 11.3. The molecule has 2 aliphatic rings. The molecule has 1 fully saturated rings. The van der Waals surface area contributed by atoms with E-state index in [1.54, 1.807) is 4.57 Å². The number of fused-ring (bicyclic) bond motifs is 1. The third kappa shape index (κ3) is 5.96. The van der Waals surface area contributed by atoms with Crippen LogP contribution in [0.25, 0.3) is 0 Å². The average molecular weight is 517 g/mol. The number of ether oxygens (including phenoxy) is 1. The van der Waals surface area contributed by atoms with Crippen LogP contribution in [0.4, 0.5) is 13.2 Å². The number of halogens is 4. The predicted molar refractivity (Wildman–Crippen MR) is 122 cm³/mol. The number of carboxylic acids is 1. The highest BCUT2D eigenvalue weighted by Crippen LogP contribution is 2.31. The Morgan fingerprint density at radius 3 is 2.60 bits per heavy atom. The second kappa shape index (κ2) is 11.0. The quantitative estimate of drug-likeness (QED) is 0.579. The van der Waals surface area contributed by atoms with E-state index in [1.165, 1.54) is 12.1 Å². The van der Waals surface area contributed by atoms with Crippen molar-refractivity contribution in [3.05, 3.63) is 51.6 Å². The molecule has 2 aromatic rings. The molecule has 0 bridgehead atoms. The Morgan fingerprint density at radius 2 is 2.06 bits per heavy atom. The van der Waals surface area contributed by atoms with Crippen LogP contribution in [0.1, 0.15) is 76.9 Å². The van der Waals surface area contributed by atoms with Gasteiger partial charge in [-0.15, -0.1) is 0 Å². The number of alkyl halides is 3. The summed E-state index contributed by atoms with van der Waals surface area (Å²) in [7, 11) is 0. The van der Waals surface area contributed by atoms with Gasteiger partial charge in [0.2, 0.25) is 0 Å². The fraction of sp³-hybridized carbons (Fsp3) is 0.522. The van der Waals surface area contributed by atoms with Crippen LogP contribution in [0.2, 0.25) is 5.15 Å². The van der Waals surface area contributed by atoms with Crippen LogP contribution in [0, 0.1) is 0 Å². The van der Waals surface area contributed by atoms with Crippen molar-refractivity contribution >= 4 is 23.5 Å². The van der Waals surface area contributed by atoms with Crippen LogP contribution < -0.4 is 5.73 Å². The molecule has 12 heteroatoms. The molecule has 35 heavy (non-hydrogen) atoms. The molecule has 1 saturated heterocycles. The summed E-state index contributed by atoms with van der Waals surface area (Å²) in [6.07, 6.45) is -1.87. The van der Waals surface area contributed by atoms with Gasteiger partial charge in [0.15, 0.2) is 0 Å². The Hall–Kier alpha value is -2.63. The molecule has 8 nitrogen and oxygen atoms in total. The molecule has 192 valence electrons. The second-order valence-electron chi connectivity index (χ2n) is 8.48. The summed E-state index contributed by atoms with van der Waals surface area (Å²) in [5.74, 6) is -1.07. The molecule has 2 aromatic heterocycles. The van der Waals surface area contributed by atoms with Gasteiger partial charge in [-0.05, 0) is 38.3 Å². The van der Waals surface area contributed by atoms with Gasteiger partial charge < -0.3 is 25.0 Å². The predicted octanol–water partition coefficient (Wildman–Crippen LogP) is 4.50. The van der Waals surface area contributed by atoms with E-state index in [0.717, 1.165) is 25.5 Å². The number of carboxylic acid groups (broad SMARTS) is 1.